The Morgan fingerprint density at radius 1 is 1.19 bits per heavy atom. The molecule has 2 heterocycles. The minimum absolute atomic E-state index is 0.159. The summed E-state index contributed by atoms with van der Waals surface area (Å²) in [7, 11) is -3.78. The van der Waals surface area contributed by atoms with Gasteiger partial charge in [-0.25, -0.2) is 13.1 Å². The molecule has 10 heteroatoms. The van der Waals surface area contributed by atoms with Gasteiger partial charge in [-0.1, -0.05) is 42.0 Å². The van der Waals surface area contributed by atoms with Gasteiger partial charge in [-0.2, -0.15) is 0 Å². The number of nitrogens with one attached hydrogen (secondary N) is 2. The molecule has 1 amide bonds. The Morgan fingerprint density at radius 3 is 2.67 bits per heavy atom. The highest BCUT2D eigenvalue weighted by atomic mass is 32.2. The lowest BCUT2D eigenvalue weighted by Crippen LogP contribution is -2.29. The normalized spacial score (nSPS) is 15.6. The van der Waals surface area contributed by atoms with Crippen LogP contribution in [-0.4, -0.2) is 42.5 Å². The van der Waals surface area contributed by atoms with Crippen LogP contribution in [0, 0.1) is 0 Å². The maximum absolute atomic E-state index is 12.4. The second-order valence-electron chi connectivity index (χ2n) is 6.54. The first-order valence-electron chi connectivity index (χ1n) is 8.83. The van der Waals surface area contributed by atoms with Crippen LogP contribution in [0.1, 0.15) is 37.3 Å². The van der Waals surface area contributed by atoms with Crippen LogP contribution in [0.15, 0.2) is 28.6 Å². The average molecular weight is 410 g/mol. The van der Waals surface area contributed by atoms with Crippen LogP contribution in [0.25, 0.3) is 0 Å². The number of sulfonamides is 1. The minimum Gasteiger partial charge on any atom is -0.301 e. The highest BCUT2D eigenvalue weighted by Crippen LogP contribution is 2.20. The summed E-state index contributed by atoms with van der Waals surface area (Å²) in [4.78, 5) is 13.4. The first-order chi connectivity index (χ1) is 12.9. The van der Waals surface area contributed by atoms with Crippen molar-refractivity contribution in [2.45, 2.75) is 43.6 Å². The van der Waals surface area contributed by atoms with Gasteiger partial charge in [-0.3, -0.25) is 9.69 Å². The van der Waals surface area contributed by atoms with E-state index in [1.54, 1.807) is 0 Å². The third-order valence-corrected chi connectivity index (χ3v) is 6.84. The number of piperidine rings is 1. The SMILES string of the molecule is CC(=O)Nc1nnc(S(=O)(=O)NCc2cccc(CN3CCCCC3)c2)s1. The molecule has 8 nitrogen and oxygen atoms in total. The van der Waals surface area contributed by atoms with Crippen molar-refractivity contribution in [1.82, 2.24) is 19.8 Å². The summed E-state index contributed by atoms with van der Waals surface area (Å²) < 4.78 is 27.1. The third kappa shape index (κ3) is 5.80. The maximum Gasteiger partial charge on any atom is 0.270 e. The molecule has 2 N–H and O–H groups in total. The quantitative estimate of drug-likeness (QED) is 0.678. The van der Waals surface area contributed by atoms with Gasteiger partial charge in [-0.15, -0.1) is 10.2 Å². The van der Waals surface area contributed by atoms with Crippen LogP contribution in [-0.2, 0) is 27.9 Å². The fourth-order valence-corrected chi connectivity index (χ4v) is 4.98. The molecule has 0 atom stereocenters. The van der Waals surface area contributed by atoms with Gasteiger partial charge in [0.25, 0.3) is 10.0 Å². The molecule has 1 fully saturated rings. The molecule has 1 saturated heterocycles. The lowest BCUT2D eigenvalue weighted by atomic mass is 10.1. The Kier molecular flexibility index (Phi) is 6.53. The molecular formula is C17H23N5O3S2. The van der Waals surface area contributed by atoms with E-state index in [9.17, 15) is 13.2 Å². The van der Waals surface area contributed by atoms with E-state index in [1.165, 1.54) is 31.7 Å². The Balaban J connectivity index is 1.60. The van der Waals surface area contributed by atoms with Gasteiger partial charge in [0, 0.05) is 20.0 Å². The fourth-order valence-electron chi connectivity index (χ4n) is 2.97. The standard InChI is InChI=1S/C17H23N5O3S2/c1-13(23)19-16-20-21-17(26-16)27(24,25)18-11-14-6-5-7-15(10-14)12-22-8-3-2-4-9-22/h5-7,10,18H,2-4,8-9,11-12H2,1H3,(H,19,20,23). The molecule has 0 aliphatic carbocycles. The second kappa shape index (κ2) is 8.87. The molecule has 146 valence electrons. The molecule has 1 aliphatic heterocycles. The number of aromatic nitrogens is 2. The summed E-state index contributed by atoms with van der Waals surface area (Å²) in [6.45, 7) is 4.61. The van der Waals surface area contributed by atoms with E-state index in [0.717, 1.165) is 36.5 Å². The van der Waals surface area contributed by atoms with Crippen LogP contribution >= 0.6 is 11.3 Å². The van der Waals surface area contributed by atoms with Crippen molar-refractivity contribution >= 4 is 32.4 Å². The molecule has 0 spiro atoms. The number of hydrogen-bond donors (Lipinski definition) is 2. The number of rotatable bonds is 7. The number of carbonyl (C=O) groups excluding carboxylic acids is 1. The number of carbonyl (C=O) groups is 1. The predicted molar refractivity (Wildman–Crippen MR) is 104 cm³/mol. The number of benzene rings is 1. The van der Waals surface area contributed by atoms with Crippen molar-refractivity contribution in [3.63, 3.8) is 0 Å². The van der Waals surface area contributed by atoms with Gasteiger partial charge in [0.1, 0.15) is 0 Å². The molecule has 2 aromatic rings. The molecule has 0 bridgehead atoms. The lowest BCUT2D eigenvalue weighted by Gasteiger charge is -2.26. The lowest BCUT2D eigenvalue weighted by molar-refractivity contribution is -0.114. The van der Waals surface area contributed by atoms with Gasteiger partial charge in [0.2, 0.25) is 15.4 Å². The first-order valence-corrected chi connectivity index (χ1v) is 11.1. The van der Waals surface area contributed by atoms with Gasteiger partial charge < -0.3 is 5.32 Å². The molecule has 27 heavy (non-hydrogen) atoms. The fraction of sp³-hybridized carbons (Fsp3) is 0.471. The molecule has 1 aromatic carbocycles. The highest BCUT2D eigenvalue weighted by molar-refractivity contribution is 7.91. The smallest absolute Gasteiger partial charge is 0.270 e. The minimum atomic E-state index is -3.78. The van der Waals surface area contributed by atoms with E-state index in [-0.39, 0.29) is 21.9 Å². The Bertz CT molecular complexity index is 891. The zero-order valence-corrected chi connectivity index (χ0v) is 16.8. The van der Waals surface area contributed by atoms with Crippen LogP contribution in [0.5, 0.6) is 0 Å². The van der Waals surface area contributed by atoms with E-state index in [0.29, 0.717) is 0 Å². The second-order valence-corrected chi connectivity index (χ2v) is 9.45. The van der Waals surface area contributed by atoms with Gasteiger partial charge in [-0.05, 0) is 37.1 Å². The van der Waals surface area contributed by atoms with E-state index in [2.05, 4.69) is 31.2 Å². The number of anilines is 1. The molecule has 0 saturated carbocycles. The number of hydrogen-bond acceptors (Lipinski definition) is 7. The number of likely N-dealkylation sites (tertiary alicyclic amines) is 1. The van der Waals surface area contributed by atoms with Crippen molar-refractivity contribution in [1.29, 1.82) is 0 Å². The largest absolute Gasteiger partial charge is 0.301 e. The van der Waals surface area contributed by atoms with Crippen LogP contribution in [0.3, 0.4) is 0 Å². The summed E-state index contributed by atoms with van der Waals surface area (Å²) in [6.07, 6.45) is 3.78. The van der Waals surface area contributed by atoms with Gasteiger partial charge in [0.05, 0.1) is 0 Å². The summed E-state index contributed by atoms with van der Waals surface area (Å²) in [6, 6.07) is 7.94. The summed E-state index contributed by atoms with van der Waals surface area (Å²) in [5.74, 6) is -0.325. The Hall–Kier alpha value is -1.88. The van der Waals surface area contributed by atoms with Crippen LogP contribution in [0.4, 0.5) is 5.13 Å². The van der Waals surface area contributed by atoms with E-state index < -0.39 is 10.0 Å². The maximum atomic E-state index is 12.4. The van der Waals surface area contributed by atoms with Crippen molar-refractivity contribution in [2.24, 2.45) is 0 Å². The third-order valence-electron chi connectivity index (χ3n) is 4.23. The van der Waals surface area contributed by atoms with Crippen LogP contribution in [0.2, 0.25) is 0 Å². The van der Waals surface area contributed by atoms with E-state index in [1.807, 2.05) is 18.2 Å². The Morgan fingerprint density at radius 2 is 1.93 bits per heavy atom. The monoisotopic (exact) mass is 409 g/mol. The molecule has 1 aliphatic rings. The van der Waals surface area contributed by atoms with Crippen molar-refractivity contribution in [3.05, 3.63) is 35.4 Å². The predicted octanol–water partition coefficient (Wildman–Crippen LogP) is 1.96. The molecule has 0 radical (unpaired) electrons. The highest BCUT2D eigenvalue weighted by Gasteiger charge is 2.20. The molecule has 0 unspecified atom stereocenters. The van der Waals surface area contributed by atoms with E-state index in [4.69, 9.17) is 0 Å². The number of nitrogens with zero attached hydrogens (tertiary/aromatic N) is 3. The van der Waals surface area contributed by atoms with Crippen molar-refractivity contribution in [3.8, 4) is 0 Å². The summed E-state index contributed by atoms with van der Waals surface area (Å²) in [5, 5.41) is 9.90. The van der Waals surface area contributed by atoms with Gasteiger partial charge in [0.15, 0.2) is 0 Å². The average Bonchev–Trinajstić information content (AvgIpc) is 3.10. The van der Waals surface area contributed by atoms with Crippen molar-refractivity contribution in [2.75, 3.05) is 18.4 Å². The topological polar surface area (TPSA) is 104 Å². The molecule has 3 rings (SSSR count). The molecular weight excluding hydrogens is 386 g/mol. The zero-order chi connectivity index (χ0) is 19.3. The zero-order valence-electron chi connectivity index (χ0n) is 15.1. The van der Waals surface area contributed by atoms with Crippen molar-refractivity contribution < 1.29 is 13.2 Å². The Labute approximate surface area is 163 Å². The van der Waals surface area contributed by atoms with Crippen LogP contribution < -0.4 is 10.0 Å². The first kappa shape index (κ1) is 19.9. The number of amides is 1. The summed E-state index contributed by atoms with van der Waals surface area (Å²) in [5.41, 5.74) is 2.07. The van der Waals surface area contributed by atoms with Gasteiger partial charge >= 0.3 is 0 Å². The van der Waals surface area contributed by atoms with E-state index >= 15 is 0 Å². The summed E-state index contributed by atoms with van der Waals surface area (Å²) >= 11 is 0.818. The molecule has 1 aromatic heterocycles.